The lowest BCUT2D eigenvalue weighted by Gasteiger charge is -2.15. The Kier molecular flexibility index (Phi) is 2.98. The molecule has 0 heterocycles. The highest BCUT2D eigenvalue weighted by Gasteiger charge is 2.13. The van der Waals surface area contributed by atoms with Crippen molar-refractivity contribution in [1.82, 2.24) is 0 Å². The Morgan fingerprint density at radius 1 is 1.50 bits per heavy atom. The fourth-order valence-electron chi connectivity index (χ4n) is 0.814. The lowest BCUT2D eigenvalue weighted by Crippen LogP contribution is -2.36. The van der Waals surface area contributed by atoms with Crippen LogP contribution < -0.4 is 10.3 Å². The fourth-order valence-corrected chi connectivity index (χ4v) is 1.48. The van der Waals surface area contributed by atoms with Crippen molar-refractivity contribution in [1.29, 1.82) is 0 Å². The maximum Gasteiger partial charge on any atom is 0.245 e. The number of nitrogens with two attached hydrogens (primary N) is 1. The summed E-state index contributed by atoms with van der Waals surface area (Å²) in [7, 11) is -3.56. The van der Waals surface area contributed by atoms with Crippen molar-refractivity contribution in [2.75, 3.05) is 10.7 Å². The zero-order valence-electron chi connectivity index (χ0n) is 7.24. The highest BCUT2D eigenvalue weighted by molar-refractivity contribution is 7.92. The van der Waals surface area contributed by atoms with Crippen LogP contribution in [0.5, 0.6) is 0 Å². The molecular formula is C7H8ClFN2O2S. The molecule has 0 aliphatic rings. The summed E-state index contributed by atoms with van der Waals surface area (Å²) in [6.45, 7) is 0. The fraction of sp³-hybridized carbons (Fsp3) is 0.143. The van der Waals surface area contributed by atoms with Gasteiger partial charge in [0.1, 0.15) is 5.82 Å². The van der Waals surface area contributed by atoms with E-state index in [9.17, 15) is 12.8 Å². The van der Waals surface area contributed by atoms with Crippen LogP contribution >= 0.6 is 11.6 Å². The van der Waals surface area contributed by atoms with Gasteiger partial charge in [-0.3, -0.25) is 0 Å². The summed E-state index contributed by atoms with van der Waals surface area (Å²) >= 11 is 5.46. The standard InChI is InChI=1S/C7H8ClFN2O2S/c1-14(12,13)11(10)5-2-3-7(9)6(8)4-5/h2-4H,10H2,1H3. The smallest absolute Gasteiger partial charge is 0.233 e. The van der Waals surface area contributed by atoms with E-state index in [-0.39, 0.29) is 10.7 Å². The SMILES string of the molecule is CS(=O)(=O)N(N)c1ccc(F)c(Cl)c1. The van der Waals surface area contributed by atoms with Crippen LogP contribution in [-0.2, 0) is 10.0 Å². The molecule has 1 aromatic rings. The quantitative estimate of drug-likeness (QED) is 0.620. The third-order valence-electron chi connectivity index (χ3n) is 1.51. The van der Waals surface area contributed by atoms with Crippen molar-refractivity contribution < 1.29 is 12.8 Å². The molecular weight excluding hydrogens is 231 g/mol. The Labute approximate surface area is 86.1 Å². The van der Waals surface area contributed by atoms with Crippen LogP contribution in [0, 0.1) is 5.82 Å². The molecule has 1 aromatic carbocycles. The van der Waals surface area contributed by atoms with Crippen LogP contribution in [0.2, 0.25) is 5.02 Å². The molecule has 0 saturated heterocycles. The molecule has 1 rings (SSSR count). The van der Waals surface area contributed by atoms with Crippen molar-refractivity contribution in [2.45, 2.75) is 0 Å². The number of benzene rings is 1. The zero-order chi connectivity index (χ0) is 10.9. The van der Waals surface area contributed by atoms with E-state index in [0.717, 1.165) is 18.4 Å². The molecule has 0 aromatic heterocycles. The Balaban J connectivity index is 3.16. The van der Waals surface area contributed by atoms with Gasteiger partial charge < -0.3 is 0 Å². The Morgan fingerprint density at radius 2 is 2.07 bits per heavy atom. The summed E-state index contributed by atoms with van der Waals surface area (Å²) < 4.78 is 35.2. The van der Waals surface area contributed by atoms with Crippen LogP contribution in [0.4, 0.5) is 10.1 Å². The first-order chi connectivity index (χ1) is 6.32. The molecule has 14 heavy (non-hydrogen) atoms. The van der Waals surface area contributed by atoms with Crippen molar-refractivity contribution in [3.8, 4) is 0 Å². The van der Waals surface area contributed by atoms with Crippen molar-refractivity contribution in [3.05, 3.63) is 29.0 Å². The molecule has 0 amide bonds. The average Bonchev–Trinajstić information content (AvgIpc) is 2.07. The minimum Gasteiger partial charge on any atom is -0.233 e. The lowest BCUT2D eigenvalue weighted by atomic mass is 10.3. The van der Waals surface area contributed by atoms with Gasteiger partial charge in [-0.15, -0.1) is 0 Å². The van der Waals surface area contributed by atoms with E-state index in [1.807, 2.05) is 0 Å². The second kappa shape index (κ2) is 3.72. The van der Waals surface area contributed by atoms with Gasteiger partial charge in [-0.2, -0.15) is 0 Å². The van der Waals surface area contributed by atoms with E-state index < -0.39 is 15.8 Å². The van der Waals surface area contributed by atoms with Gasteiger partial charge >= 0.3 is 0 Å². The first kappa shape index (κ1) is 11.2. The molecule has 0 spiro atoms. The maximum absolute atomic E-state index is 12.7. The van der Waals surface area contributed by atoms with Crippen molar-refractivity contribution >= 4 is 27.3 Å². The Morgan fingerprint density at radius 3 is 2.50 bits per heavy atom. The van der Waals surface area contributed by atoms with Crippen molar-refractivity contribution in [3.63, 3.8) is 0 Å². The van der Waals surface area contributed by atoms with Gasteiger partial charge in [0.05, 0.1) is 17.0 Å². The molecule has 0 fully saturated rings. The average molecular weight is 239 g/mol. The summed E-state index contributed by atoms with van der Waals surface area (Å²) in [5.41, 5.74) is 0.110. The van der Waals surface area contributed by atoms with Gasteiger partial charge in [-0.25, -0.2) is 23.1 Å². The summed E-state index contributed by atoms with van der Waals surface area (Å²) in [6, 6.07) is 3.41. The van der Waals surface area contributed by atoms with Crippen LogP contribution in [-0.4, -0.2) is 14.7 Å². The molecule has 0 aliphatic carbocycles. The van der Waals surface area contributed by atoms with Gasteiger partial charge in [0, 0.05) is 0 Å². The number of anilines is 1. The molecule has 0 radical (unpaired) electrons. The molecule has 78 valence electrons. The zero-order valence-corrected chi connectivity index (χ0v) is 8.81. The number of nitrogens with zero attached hydrogens (tertiary/aromatic N) is 1. The molecule has 0 saturated carbocycles. The lowest BCUT2D eigenvalue weighted by molar-refractivity contribution is 0.597. The van der Waals surface area contributed by atoms with E-state index in [1.54, 1.807) is 0 Å². The van der Waals surface area contributed by atoms with Crippen molar-refractivity contribution in [2.24, 2.45) is 5.84 Å². The molecule has 0 atom stereocenters. The number of hydrazine groups is 1. The topological polar surface area (TPSA) is 63.4 Å². The molecule has 0 bridgehead atoms. The predicted molar refractivity (Wildman–Crippen MR) is 52.9 cm³/mol. The number of hydrogen-bond donors (Lipinski definition) is 1. The molecule has 4 nitrogen and oxygen atoms in total. The third-order valence-corrected chi connectivity index (χ3v) is 2.73. The first-order valence-corrected chi connectivity index (χ1v) is 5.75. The first-order valence-electron chi connectivity index (χ1n) is 3.52. The summed E-state index contributed by atoms with van der Waals surface area (Å²) in [4.78, 5) is 0. The van der Waals surface area contributed by atoms with E-state index in [4.69, 9.17) is 17.4 Å². The number of sulfonamides is 1. The van der Waals surface area contributed by atoms with Gasteiger partial charge in [0.2, 0.25) is 10.0 Å². The van der Waals surface area contributed by atoms with Gasteiger partial charge in [-0.05, 0) is 18.2 Å². The monoisotopic (exact) mass is 238 g/mol. The highest BCUT2D eigenvalue weighted by atomic mass is 35.5. The Hall–Kier alpha value is -0.850. The summed E-state index contributed by atoms with van der Waals surface area (Å²) in [6.07, 6.45) is 0.935. The molecule has 7 heteroatoms. The maximum atomic E-state index is 12.7. The number of rotatable bonds is 2. The van der Waals surface area contributed by atoms with E-state index >= 15 is 0 Å². The van der Waals surface area contributed by atoms with Gasteiger partial charge in [0.25, 0.3) is 0 Å². The highest BCUT2D eigenvalue weighted by Crippen LogP contribution is 2.22. The number of halogens is 2. The molecule has 2 N–H and O–H groups in total. The molecule has 0 unspecified atom stereocenters. The van der Waals surface area contributed by atoms with Crippen LogP contribution in [0.15, 0.2) is 18.2 Å². The predicted octanol–water partition coefficient (Wildman–Crippen LogP) is 1.12. The largest absolute Gasteiger partial charge is 0.245 e. The summed E-state index contributed by atoms with van der Waals surface area (Å²) in [5, 5.41) is -0.179. The van der Waals surface area contributed by atoms with Gasteiger partial charge in [-0.1, -0.05) is 11.6 Å². The van der Waals surface area contributed by atoms with Gasteiger partial charge in [0.15, 0.2) is 0 Å². The summed E-state index contributed by atoms with van der Waals surface area (Å²) in [5.74, 6) is 4.63. The minimum atomic E-state index is -3.56. The second-order valence-electron chi connectivity index (χ2n) is 2.66. The number of hydrogen-bond acceptors (Lipinski definition) is 3. The van der Waals surface area contributed by atoms with E-state index in [1.165, 1.54) is 6.07 Å². The third kappa shape index (κ3) is 2.34. The normalized spacial score (nSPS) is 11.4. The van der Waals surface area contributed by atoms with E-state index in [2.05, 4.69) is 0 Å². The van der Waals surface area contributed by atoms with Crippen LogP contribution in [0.25, 0.3) is 0 Å². The van der Waals surface area contributed by atoms with Crippen LogP contribution in [0.3, 0.4) is 0 Å². The second-order valence-corrected chi connectivity index (χ2v) is 4.92. The Bertz CT molecular complexity index is 449. The minimum absolute atomic E-state index is 0.110. The molecule has 0 aliphatic heterocycles. The van der Waals surface area contributed by atoms with E-state index in [0.29, 0.717) is 4.41 Å². The van der Waals surface area contributed by atoms with Crippen LogP contribution in [0.1, 0.15) is 0 Å².